The van der Waals surface area contributed by atoms with Crippen LogP contribution in [0.25, 0.3) is 0 Å². The second kappa shape index (κ2) is 3.47. The summed E-state index contributed by atoms with van der Waals surface area (Å²) in [5.41, 5.74) is 1.56. The van der Waals surface area contributed by atoms with Crippen LogP contribution in [0.1, 0.15) is 12.6 Å². The molecule has 5 nitrogen and oxygen atoms in total. The first-order chi connectivity index (χ1) is 6.00. The number of rotatable bonds is 3. The molecule has 0 saturated heterocycles. The average molecular weight is 183 g/mol. The van der Waals surface area contributed by atoms with Gasteiger partial charge in [-0.05, 0) is 13.8 Å². The number of carbonyl (C=O) groups is 1. The molecule has 0 spiro atoms. The Balaban J connectivity index is 2.74. The van der Waals surface area contributed by atoms with Crippen molar-refractivity contribution in [3.8, 4) is 0 Å². The second-order valence-electron chi connectivity index (χ2n) is 3.01. The van der Waals surface area contributed by atoms with Gasteiger partial charge in [0.15, 0.2) is 0 Å². The summed E-state index contributed by atoms with van der Waals surface area (Å²) < 4.78 is 1.65. The van der Waals surface area contributed by atoms with E-state index in [0.29, 0.717) is 0 Å². The van der Waals surface area contributed by atoms with Crippen LogP contribution in [0.4, 0.5) is 5.69 Å². The number of nitrogens with one attached hydrogen (secondary N) is 1. The van der Waals surface area contributed by atoms with Gasteiger partial charge in [0.2, 0.25) is 0 Å². The largest absolute Gasteiger partial charge is 0.480 e. The molecule has 1 heterocycles. The number of carboxylic acid groups (broad SMARTS) is 1. The molecule has 1 aromatic heterocycles. The van der Waals surface area contributed by atoms with Gasteiger partial charge >= 0.3 is 5.97 Å². The molecule has 0 radical (unpaired) electrons. The average Bonchev–Trinajstić information content (AvgIpc) is 2.30. The van der Waals surface area contributed by atoms with Crippen LogP contribution in [0.3, 0.4) is 0 Å². The minimum Gasteiger partial charge on any atom is -0.480 e. The van der Waals surface area contributed by atoms with Crippen molar-refractivity contribution in [2.75, 3.05) is 5.32 Å². The number of aliphatic carboxylic acids is 1. The Labute approximate surface area is 76.4 Å². The lowest BCUT2D eigenvalue weighted by molar-refractivity contribution is -0.137. The maximum absolute atomic E-state index is 10.5. The van der Waals surface area contributed by atoms with E-state index in [2.05, 4.69) is 10.4 Å². The summed E-state index contributed by atoms with van der Waals surface area (Å²) in [6.07, 6.45) is 1.76. The van der Waals surface area contributed by atoms with Gasteiger partial charge in [-0.2, -0.15) is 5.10 Å². The first-order valence-electron chi connectivity index (χ1n) is 4.00. The van der Waals surface area contributed by atoms with Gasteiger partial charge in [0.1, 0.15) is 6.04 Å². The lowest BCUT2D eigenvalue weighted by Gasteiger charge is -2.08. The van der Waals surface area contributed by atoms with Crippen molar-refractivity contribution in [2.45, 2.75) is 19.9 Å². The highest BCUT2D eigenvalue weighted by atomic mass is 16.4. The van der Waals surface area contributed by atoms with E-state index >= 15 is 0 Å². The van der Waals surface area contributed by atoms with Crippen molar-refractivity contribution in [1.29, 1.82) is 0 Å². The van der Waals surface area contributed by atoms with Crippen molar-refractivity contribution >= 4 is 11.7 Å². The van der Waals surface area contributed by atoms with Crippen LogP contribution in [0.5, 0.6) is 0 Å². The summed E-state index contributed by atoms with van der Waals surface area (Å²) in [4.78, 5) is 10.5. The predicted molar refractivity (Wildman–Crippen MR) is 48.7 cm³/mol. The first-order valence-corrected chi connectivity index (χ1v) is 4.00. The third kappa shape index (κ3) is 2.21. The summed E-state index contributed by atoms with van der Waals surface area (Å²) in [5, 5.41) is 15.6. The van der Waals surface area contributed by atoms with Gasteiger partial charge in [0.25, 0.3) is 0 Å². The summed E-state index contributed by atoms with van der Waals surface area (Å²) >= 11 is 0. The number of anilines is 1. The molecule has 0 amide bonds. The fraction of sp³-hybridized carbons (Fsp3) is 0.500. The highest BCUT2D eigenvalue weighted by molar-refractivity contribution is 5.76. The normalized spacial score (nSPS) is 12.5. The Morgan fingerprint density at radius 1 is 1.77 bits per heavy atom. The molecule has 1 rings (SSSR count). The van der Waals surface area contributed by atoms with Gasteiger partial charge in [-0.3, -0.25) is 9.48 Å². The highest BCUT2D eigenvalue weighted by Crippen LogP contribution is 2.12. The summed E-state index contributed by atoms with van der Waals surface area (Å²) in [5.74, 6) is -0.872. The molecule has 0 aliphatic rings. The maximum atomic E-state index is 10.5. The van der Waals surface area contributed by atoms with Crippen LogP contribution in [0, 0.1) is 6.92 Å². The lowest BCUT2D eigenvalue weighted by Crippen LogP contribution is -2.25. The summed E-state index contributed by atoms with van der Waals surface area (Å²) in [6.45, 7) is 3.42. The van der Waals surface area contributed by atoms with E-state index in [1.54, 1.807) is 24.9 Å². The van der Waals surface area contributed by atoms with Crippen molar-refractivity contribution in [3.05, 3.63) is 11.9 Å². The predicted octanol–water partition coefficient (Wildman–Crippen LogP) is 0.614. The quantitative estimate of drug-likeness (QED) is 0.720. The molecule has 0 fully saturated rings. The molecule has 1 unspecified atom stereocenters. The smallest absolute Gasteiger partial charge is 0.325 e. The van der Waals surface area contributed by atoms with Crippen molar-refractivity contribution < 1.29 is 9.90 Å². The molecule has 0 saturated carbocycles. The molecule has 0 aliphatic carbocycles. The van der Waals surface area contributed by atoms with Crippen LogP contribution in [-0.2, 0) is 11.8 Å². The van der Waals surface area contributed by atoms with Gasteiger partial charge < -0.3 is 10.4 Å². The summed E-state index contributed by atoms with van der Waals surface area (Å²) in [6, 6.07) is -0.595. The molecular formula is C8H13N3O2. The highest BCUT2D eigenvalue weighted by Gasteiger charge is 2.12. The van der Waals surface area contributed by atoms with Crippen molar-refractivity contribution in [3.63, 3.8) is 0 Å². The number of nitrogens with zero attached hydrogens (tertiary/aromatic N) is 2. The Hall–Kier alpha value is -1.52. The molecule has 13 heavy (non-hydrogen) atoms. The van der Waals surface area contributed by atoms with Gasteiger partial charge in [-0.25, -0.2) is 0 Å². The second-order valence-corrected chi connectivity index (χ2v) is 3.01. The topological polar surface area (TPSA) is 67.2 Å². The Bertz CT molecular complexity index is 319. The zero-order valence-corrected chi connectivity index (χ0v) is 7.90. The maximum Gasteiger partial charge on any atom is 0.325 e. The number of aromatic nitrogens is 2. The molecule has 5 heteroatoms. The van der Waals surface area contributed by atoms with Crippen molar-refractivity contribution in [2.24, 2.45) is 7.05 Å². The van der Waals surface area contributed by atoms with E-state index < -0.39 is 12.0 Å². The standard InChI is InChI=1S/C8H13N3O2/c1-5-7(4-11(3)10-5)9-6(2)8(12)13/h4,6,9H,1-3H3,(H,12,13). The zero-order valence-electron chi connectivity index (χ0n) is 7.90. The number of aryl methyl sites for hydroxylation is 2. The molecule has 0 aliphatic heterocycles. The van der Waals surface area contributed by atoms with E-state index in [1.807, 2.05) is 6.92 Å². The fourth-order valence-corrected chi connectivity index (χ4v) is 1.04. The van der Waals surface area contributed by atoms with E-state index in [9.17, 15) is 4.79 Å². The number of hydrogen-bond acceptors (Lipinski definition) is 3. The van der Waals surface area contributed by atoms with Gasteiger partial charge in [-0.1, -0.05) is 0 Å². The summed E-state index contributed by atoms with van der Waals surface area (Å²) in [7, 11) is 1.80. The van der Waals surface area contributed by atoms with E-state index in [4.69, 9.17) is 5.11 Å². The third-order valence-electron chi connectivity index (χ3n) is 1.76. The minimum atomic E-state index is -0.872. The molecular weight excluding hydrogens is 170 g/mol. The van der Waals surface area contributed by atoms with E-state index in [0.717, 1.165) is 11.4 Å². The molecule has 1 aromatic rings. The first kappa shape index (κ1) is 9.57. The van der Waals surface area contributed by atoms with E-state index in [1.165, 1.54) is 0 Å². The Kier molecular flexibility index (Phi) is 2.55. The molecule has 0 bridgehead atoms. The van der Waals surface area contributed by atoms with Crippen LogP contribution in [0.15, 0.2) is 6.20 Å². The molecule has 72 valence electrons. The van der Waals surface area contributed by atoms with E-state index in [-0.39, 0.29) is 0 Å². The number of hydrogen-bond donors (Lipinski definition) is 2. The molecule has 0 aromatic carbocycles. The van der Waals surface area contributed by atoms with Gasteiger partial charge in [0.05, 0.1) is 11.4 Å². The van der Waals surface area contributed by atoms with Crippen LogP contribution in [0.2, 0.25) is 0 Å². The van der Waals surface area contributed by atoms with Crippen molar-refractivity contribution in [1.82, 2.24) is 9.78 Å². The van der Waals surface area contributed by atoms with Crippen LogP contribution >= 0.6 is 0 Å². The minimum absolute atomic E-state index is 0.595. The van der Waals surface area contributed by atoms with Crippen LogP contribution < -0.4 is 5.32 Å². The SMILES string of the molecule is Cc1nn(C)cc1NC(C)C(=O)O. The monoisotopic (exact) mass is 183 g/mol. The fourth-order valence-electron chi connectivity index (χ4n) is 1.04. The third-order valence-corrected chi connectivity index (χ3v) is 1.76. The molecule has 1 atom stereocenters. The van der Waals surface area contributed by atoms with Crippen LogP contribution in [-0.4, -0.2) is 26.9 Å². The Morgan fingerprint density at radius 2 is 2.38 bits per heavy atom. The van der Waals surface area contributed by atoms with Gasteiger partial charge in [-0.15, -0.1) is 0 Å². The Morgan fingerprint density at radius 3 is 2.77 bits per heavy atom. The zero-order chi connectivity index (χ0) is 10.0. The van der Waals surface area contributed by atoms with Gasteiger partial charge in [0, 0.05) is 13.2 Å². The molecule has 2 N–H and O–H groups in total. The number of carboxylic acids is 1. The lowest BCUT2D eigenvalue weighted by atomic mass is 10.3.